The first-order valence-corrected chi connectivity index (χ1v) is 8.02. The number of nitrogens with two attached hydrogens (primary N) is 1. The number of nitrogens with zero attached hydrogens (tertiary/aromatic N) is 1. The smallest absolute Gasteiger partial charge is 0.244 e. The minimum atomic E-state index is -0.456. The first kappa shape index (κ1) is 17.3. The topological polar surface area (TPSA) is 46.3 Å². The fraction of sp³-hybridized carbons (Fsp3) is 0.611. The highest BCUT2D eigenvalue weighted by Gasteiger charge is 2.47. The molecule has 1 atom stereocenters. The summed E-state index contributed by atoms with van der Waals surface area (Å²) in [4.78, 5) is 14.9. The van der Waals surface area contributed by atoms with Crippen LogP contribution in [0.1, 0.15) is 52.0 Å². The Hall–Kier alpha value is -1.06. The molecule has 1 spiro atoms. The minimum absolute atomic E-state index is 0. The number of benzene rings is 1. The standard InChI is InChI=1S/C18H26N2O.ClH/c1-17(2,3)15(19)16(21)20-12-18(10-6-7-11-18)13-8-4-5-9-14(13)20;/h4-5,8-9,15H,6-7,10-12,19H2,1-3H3;1H/t15-;/m1./s1. The van der Waals surface area contributed by atoms with E-state index in [1.54, 1.807) is 0 Å². The molecule has 1 fully saturated rings. The predicted octanol–water partition coefficient (Wildman–Crippen LogP) is 3.64. The molecule has 3 nitrogen and oxygen atoms in total. The summed E-state index contributed by atoms with van der Waals surface area (Å²) in [5.74, 6) is 0.0683. The molecule has 4 heteroatoms. The Morgan fingerprint density at radius 3 is 2.41 bits per heavy atom. The Labute approximate surface area is 139 Å². The van der Waals surface area contributed by atoms with E-state index < -0.39 is 6.04 Å². The molecule has 0 radical (unpaired) electrons. The highest BCUT2D eigenvalue weighted by molar-refractivity contribution is 6.00. The van der Waals surface area contributed by atoms with Crippen LogP contribution < -0.4 is 10.6 Å². The molecule has 1 aromatic rings. The van der Waals surface area contributed by atoms with Crippen LogP contribution >= 0.6 is 12.4 Å². The van der Waals surface area contributed by atoms with Crippen LogP contribution in [0.3, 0.4) is 0 Å². The molecule has 0 aromatic heterocycles. The van der Waals surface area contributed by atoms with Gasteiger partial charge in [-0.1, -0.05) is 51.8 Å². The summed E-state index contributed by atoms with van der Waals surface area (Å²) in [5.41, 5.74) is 8.65. The van der Waals surface area contributed by atoms with Crippen molar-refractivity contribution in [2.45, 2.75) is 57.9 Å². The number of carbonyl (C=O) groups excluding carboxylic acids is 1. The van der Waals surface area contributed by atoms with Gasteiger partial charge in [0, 0.05) is 17.6 Å². The van der Waals surface area contributed by atoms with Gasteiger partial charge in [0.25, 0.3) is 0 Å². The molecule has 1 amide bonds. The molecule has 1 heterocycles. The van der Waals surface area contributed by atoms with E-state index in [2.05, 4.69) is 18.2 Å². The van der Waals surface area contributed by atoms with Crippen LogP contribution in [0.4, 0.5) is 5.69 Å². The molecule has 1 aliphatic heterocycles. The van der Waals surface area contributed by atoms with E-state index >= 15 is 0 Å². The fourth-order valence-electron chi connectivity index (χ4n) is 3.84. The average molecular weight is 323 g/mol. The summed E-state index contributed by atoms with van der Waals surface area (Å²) in [6.07, 6.45) is 4.92. The van der Waals surface area contributed by atoms with Gasteiger partial charge in [-0.2, -0.15) is 0 Å². The lowest BCUT2D eigenvalue weighted by atomic mass is 9.81. The van der Waals surface area contributed by atoms with Crippen LogP contribution in [0, 0.1) is 5.41 Å². The fourth-order valence-corrected chi connectivity index (χ4v) is 3.84. The zero-order chi connectivity index (χ0) is 15.3. The van der Waals surface area contributed by atoms with Crippen molar-refractivity contribution in [3.8, 4) is 0 Å². The maximum atomic E-state index is 12.9. The minimum Gasteiger partial charge on any atom is -0.319 e. The second kappa shape index (κ2) is 5.86. The molecule has 1 saturated carbocycles. The van der Waals surface area contributed by atoms with Crippen molar-refractivity contribution >= 4 is 24.0 Å². The molecule has 0 saturated heterocycles. The van der Waals surface area contributed by atoms with Crippen molar-refractivity contribution in [1.29, 1.82) is 0 Å². The van der Waals surface area contributed by atoms with E-state index in [0.717, 1.165) is 12.2 Å². The summed E-state index contributed by atoms with van der Waals surface area (Å²) >= 11 is 0. The van der Waals surface area contributed by atoms with Gasteiger partial charge in [0.15, 0.2) is 0 Å². The van der Waals surface area contributed by atoms with Gasteiger partial charge in [0.1, 0.15) is 0 Å². The van der Waals surface area contributed by atoms with Crippen molar-refractivity contribution in [3.05, 3.63) is 29.8 Å². The van der Waals surface area contributed by atoms with Crippen LogP contribution in [-0.2, 0) is 10.2 Å². The Morgan fingerprint density at radius 1 is 1.23 bits per heavy atom. The lowest BCUT2D eigenvalue weighted by Gasteiger charge is -2.31. The number of amides is 1. The number of anilines is 1. The normalized spacial score (nSPS) is 20.6. The number of fused-ring (bicyclic) bond motifs is 2. The highest BCUT2D eigenvalue weighted by Crippen LogP contribution is 2.50. The van der Waals surface area contributed by atoms with E-state index in [9.17, 15) is 4.79 Å². The van der Waals surface area contributed by atoms with E-state index in [0.29, 0.717) is 0 Å². The Morgan fingerprint density at radius 2 is 1.82 bits per heavy atom. The van der Waals surface area contributed by atoms with Crippen LogP contribution in [0.2, 0.25) is 0 Å². The Bertz CT molecular complexity index is 558. The molecule has 122 valence electrons. The molecular formula is C18H27ClN2O. The van der Waals surface area contributed by atoms with Crippen molar-refractivity contribution in [1.82, 2.24) is 0 Å². The largest absolute Gasteiger partial charge is 0.319 e. The third-order valence-corrected chi connectivity index (χ3v) is 5.25. The quantitative estimate of drug-likeness (QED) is 0.858. The van der Waals surface area contributed by atoms with Gasteiger partial charge in [-0.3, -0.25) is 4.79 Å². The van der Waals surface area contributed by atoms with Crippen molar-refractivity contribution < 1.29 is 4.79 Å². The van der Waals surface area contributed by atoms with Crippen LogP contribution in [-0.4, -0.2) is 18.5 Å². The van der Waals surface area contributed by atoms with Gasteiger partial charge in [0.05, 0.1) is 6.04 Å². The van der Waals surface area contributed by atoms with Crippen LogP contribution in [0.15, 0.2) is 24.3 Å². The molecule has 2 N–H and O–H groups in total. The number of rotatable bonds is 1. The number of hydrogen-bond donors (Lipinski definition) is 1. The van der Waals surface area contributed by atoms with E-state index in [1.807, 2.05) is 31.7 Å². The number of hydrogen-bond acceptors (Lipinski definition) is 2. The Balaban J connectivity index is 0.00000176. The zero-order valence-corrected chi connectivity index (χ0v) is 14.6. The van der Waals surface area contributed by atoms with E-state index in [1.165, 1.54) is 31.2 Å². The summed E-state index contributed by atoms with van der Waals surface area (Å²) in [7, 11) is 0. The average Bonchev–Trinajstić information content (AvgIpc) is 3.04. The van der Waals surface area contributed by atoms with Gasteiger partial charge < -0.3 is 10.6 Å². The van der Waals surface area contributed by atoms with Crippen molar-refractivity contribution in [3.63, 3.8) is 0 Å². The molecule has 22 heavy (non-hydrogen) atoms. The summed E-state index contributed by atoms with van der Waals surface area (Å²) in [6.45, 7) is 6.91. The highest BCUT2D eigenvalue weighted by atomic mass is 35.5. The van der Waals surface area contributed by atoms with E-state index in [4.69, 9.17) is 5.73 Å². The second-order valence-electron chi connectivity index (χ2n) is 7.77. The maximum absolute atomic E-state index is 12.9. The molecule has 2 aliphatic rings. The van der Waals surface area contributed by atoms with Gasteiger partial charge in [-0.15, -0.1) is 12.4 Å². The van der Waals surface area contributed by atoms with Gasteiger partial charge in [0.2, 0.25) is 5.91 Å². The molecule has 1 aromatic carbocycles. The number of carbonyl (C=O) groups is 1. The maximum Gasteiger partial charge on any atom is 0.244 e. The van der Waals surface area contributed by atoms with Crippen molar-refractivity contribution in [2.75, 3.05) is 11.4 Å². The van der Waals surface area contributed by atoms with Crippen LogP contribution in [0.5, 0.6) is 0 Å². The molecule has 1 aliphatic carbocycles. The molecule has 0 unspecified atom stereocenters. The van der Waals surface area contributed by atoms with Gasteiger partial charge >= 0.3 is 0 Å². The second-order valence-corrected chi connectivity index (χ2v) is 7.77. The Kier molecular flexibility index (Phi) is 4.61. The molecule has 0 bridgehead atoms. The molecular weight excluding hydrogens is 296 g/mol. The summed E-state index contributed by atoms with van der Waals surface area (Å²) in [6, 6.07) is 7.94. The van der Waals surface area contributed by atoms with Crippen molar-refractivity contribution in [2.24, 2.45) is 11.1 Å². The first-order chi connectivity index (χ1) is 9.85. The summed E-state index contributed by atoms with van der Waals surface area (Å²) in [5, 5.41) is 0. The first-order valence-electron chi connectivity index (χ1n) is 8.02. The zero-order valence-electron chi connectivity index (χ0n) is 13.8. The number of halogens is 1. The summed E-state index contributed by atoms with van der Waals surface area (Å²) < 4.78 is 0. The van der Waals surface area contributed by atoms with E-state index in [-0.39, 0.29) is 29.1 Å². The van der Waals surface area contributed by atoms with Gasteiger partial charge in [-0.05, 0) is 29.9 Å². The van der Waals surface area contributed by atoms with Gasteiger partial charge in [-0.25, -0.2) is 0 Å². The predicted molar refractivity (Wildman–Crippen MR) is 93.6 cm³/mol. The van der Waals surface area contributed by atoms with Crippen LogP contribution in [0.25, 0.3) is 0 Å². The molecule has 3 rings (SSSR count). The SMILES string of the molecule is CC(C)(C)[C@H](N)C(=O)N1CC2(CCCC2)c2ccccc21.Cl. The third-order valence-electron chi connectivity index (χ3n) is 5.25. The monoisotopic (exact) mass is 322 g/mol. The third kappa shape index (κ3) is 2.65. The lowest BCUT2D eigenvalue weighted by Crippen LogP contribution is -2.51. The lowest BCUT2D eigenvalue weighted by molar-refractivity contribution is -0.122. The number of para-hydroxylation sites is 1.